The van der Waals surface area contributed by atoms with Gasteiger partial charge >= 0.3 is 5.97 Å². The molecular weight excluding hydrogens is 350 g/mol. The number of rotatable bonds is 6. The predicted octanol–water partition coefficient (Wildman–Crippen LogP) is 3.14. The Bertz CT molecular complexity index is 794. The van der Waals surface area contributed by atoms with Crippen molar-refractivity contribution in [1.82, 2.24) is 10.3 Å². The highest BCUT2D eigenvalue weighted by molar-refractivity contribution is 7.18. The van der Waals surface area contributed by atoms with Gasteiger partial charge in [0.15, 0.2) is 6.61 Å². The van der Waals surface area contributed by atoms with Crippen molar-refractivity contribution in [3.63, 3.8) is 0 Å². The molecule has 26 heavy (non-hydrogen) atoms. The molecule has 1 N–H and O–H groups in total. The third kappa shape index (κ3) is 4.38. The lowest BCUT2D eigenvalue weighted by Gasteiger charge is -2.28. The van der Waals surface area contributed by atoms with Gasteiger partial charge in [-0.25, -0.2) is 4.98 Å². The smallest absolute Gasteiger partial charge is 0.310 e. The van der Waals surface area contributed by atoms with Gasteiger partial charge in [-0.1, -0.05) is 25.0 Å². The van der Waals surface area contributed by atoms with E-state index >= 15 is 0 Å². The van der Waals surface area contributed by atoms with E-state index in [4.69, 9.17) is 15.0 Å². The number of fused-ring (bicyclic) bond motifs is 1. The number of ether oxygens (including phenoxy) is 1. The standard InChI is InChI=1S/C19H21N3O3S/c20-10-5-11-21-17(23)12-25-19(24)14-7-2-1-6-13(14)18-22-15-8-3-4-9-16(15)26-18/h3-4,8-9,13-14H,1-2,5-7,11-12H2,(H,21,23)/t13-,14-/m0/s1. The van der Waals surface area contributed by atoms with Gasteiger partial charge < -0.3 is 10.1 Å². The first-order valence-corrected chi connectivity index (χ1v) is 9.66. The summed E-state index contributed by atoms with van der Waals surface area (Å²) in [5.41, 5.74) is 0.960. The quantitative estimate of drug-likeness (QED) is 0.622. The highest BCUT2D eigenvalue weighted by Gasteiger charge is 2.35. The van der Waals surface area contributed by atoms with Gasteiger partial charge in [0.05, 0.1) is 33.6 Å². The van der Waals surface area contributed by atoms with E-state index in [0.29, 0.717) is 0 Å². The Labute approximate surface area is 156 Å². The van der Waals surface area contributed by atoms with Crippen LogP contribution in [0.5, 0.6) is 0 Å². The summed E-state index contributed by atoms with van der Waals surface area (Å²) < 4.78 is 6.37. The summed E-state index contributed by atoms with van der Waals surface area (Å²) >= 11 is 1.63. The maximum absolute atomic E-state index is 12.6. The number of carbonyl (C=O) groups excluding carboxylic acids is 2. The van der Waals surface area contributed by atoms with Gasteiger partial charge in [0, 0.05) is 12.5 Å². The highest BCUT2D eigenvalue weighted by Crippen LogP contribution is 2.41. The number of nitriles is 1. The molecular formula is C19H21N3O3S. The fourth-order valence-corrected chi connectivity index (χ4v) is 4.48. The number of nitrogens with zero attached hydrogens (tertiary/aromatic N) is 2. The Hall–Kier alpha value is -2.46. The lowest BCUT2D eigenvalue weighted by Crippen LogP contribution is -2.33. The Morgan fingerprint density at radius 2 is 2.12 bits per heavy atom. The first-order valence-electron chi connectivity index (χ1n) is 8.85. The van der Waals surface area contributed by atoms with Crippen molar-refractivity contribution in [3.8, 4) is 6.07 Å². The van der Waals surface area contributed by atoms with Gasteiger partial charge in [-0.15, -0.1) is 11.3 Å². The molecule has 2 aromatic rings. The second kappa shape index (κ2) is 8.77. The van der Waals surface area contributed by atoms with Crippen LogP contribution in [0.15, 0.2) is 24.3 Å². The van der Waals surface area contributed by atoms with Crippen LogP contribution in [0, 0.1) is 17.2 Å². The van der Waals surface area contributed by atoms with Gasteiger partial charge in [0.1, 0.15) is 0 Å². The molecule has 0 radical (unpaired) electrons. The third-order valence-corrected chi connectivity index (χ3v) is 5.77. The van der Waals surface area contributed by atoms with Gasteiger partial charge in [0.25, 0.3) is 5.91 Å². The van der Waals surface area contributed by atoms with Crippen LogP contribution in [-0.2, 0) is 14.3 Å². The average Bonchev–Trinajstić information content (AvgIpc) is 3.10. The van der Waals surface area contributed by atoms with Crippen molar-refractivity contribution in [2.75, 3.05) is 13.2 Å². The van der Waals surface area contributed by atoms with E-state index in [2.05, 4.69) is 5.32 Å². The predicted molar refractivity (Wildman–Crippen MR) is 98.5 cm³/mol. The Morgan fingerprint density at radius 1 is 1.31 bits per heavy atom. The zero-order valence-corrected chi connectivity index (χ0v) is 15.3. The summed E-state index contributed by atoms with van der Waals surface area (Å²) in [5, 5.41) is 12.0. The molecule has 0 bridgehead atoms. The molecule has 1 aromatic heterocycles. The Morgan fingerprint density at radius 3 is 2.92 bits per heavy atom. The largest absolute Gasteiger partial charge is 0.455 e. The highest BCUT2D eigenvalue weighted by atomic mass is 32.1. The number of benzene rings is 1. The fraction of sp³-hybridized carbons (Fsp3) is 0.474. The second-order valence-corrected chi connectivity index (χ2v) is 7.45. The molecule has 1 amide bonds. The summed E-state index contributed by atoms with van der Waals surface area (Å²) in [6.07, 6.45) is 3.96. The van der Waals surface area contributed by atoms with Crippen LogP contribution in [0.2, 0.25) is 0 Å². The van der Waals surface area contributed by atoms with Crippen LogP contribution in [0.1, 0.15) is 43.0 Å². The minimum Gasteiger partial charge on any atom is -0.455 e. The number of amides is 1. The number of hydrogen-bond donors (Lipinski definition) is 1. The first kappa shape index (κ1) is 18.3. The van der Waals surface area contributed by atoms with Crippen molar-refractivity contribution in [2.24, 2.45) is 5.92 Å². The SMILES string of the molecule is N#CCCNC(=O)COC(=O)[C@H]1CCCC[C@@H]1c1nc2ccccc2s1. The maximum Gasteiger partial charge on any atom is 0.310 e. The lowest BCUT2D eigenvalue weighted by molar-refractivity contribution is -0.154. The zero-order chi connectivity index (χ0) is 18.4. The van der Waals surface area contributed by atoms with Crippen LogP contribution >= 0.6 is 11.3 Å². The molecule has 1 fully saturated rings. The van der Waals surface area contributed by atoms with E-state index in [0.717, 1.165) is 40.9 Å². The molecule has 1 aliphatic carbocycles. The summed E-state index contributed by atoms with van der Waals surface area (Å²) in [6.45, 7) is -0.0298. The van der Waals surface area contributed by atoms with Crippen molar-refractivity contribution in [3.05, 3.63) is 29.3 Å². The first-order chi connectivity index (χ1) is 12.7. The zero-order valence-electron chi connectivity index (χ0n) is 14.4. The van der Waals surface area contributed by atoms with E-state index < -0.39 is 0 Å². The topological polar surface area (TPSA) is 92.1 Å². The summed E-state index contributed by atoms with van der Waals surface area (Å²) in [6, 6.07) is 9.92. The van der Waals surface area contributed by atoms with Crippen LogP contribution < -0.4 is 5.32 Å². The molecule has 1 aliphatic rings. The van der Waals surface area contributed by atoms with Crippen molar-refractivity contribution in [1.29, 1.82) is 5.26 Å². The molecule has 1 heterocycles. The average molecular weight is 371 g/mol. The molecule has 136 valence electrons. The Balaban J connectivity index is 1.64. The molecule has 3 rings (SSSR count). The number of thiazole rings is 1. The molecule has 1 saturated carbocycles. The molecule has 0 unspecified atom stereocenters. The number of carbonyl (C=O) groups is 2. The van der Waals surface area contributed by atoms with E-state index in [-0.39, 0.29) is 43.3 Å². The van der Waals surface area contributed by atoms with Crippen molar-refractivity contribution < 1.29 is 14.3 Å². The van der Waals surface area contributed by atoms with Crippen molar-refractivity contribution in [2.45, 2.75) is 38.0 Å². The Kier molecular flexibility index (Phi) is 6.18. The van der Waals surface area contributed by atoms with E-state index in [9.17, 15) is 9.59 Å². The number of esters is 1. The number of hydrogen-bond acceptors (Lipinski definition) is 6. The van der Waals surface area contributed by atoms with Crippen LogP contribution in [-0.4, -0.2) is 30.0 Å². The minimum absolute atomic E-state index is 0.0512. The van der Waals surface area contributed by atoms with E-state index in [1.54, 1.807) is 11.3 Å². The summed E-state index contributed by atoms with van der Waals surface area (Å²) in [7, 11) is 0. The summed E-state index contributed by atoms with van der Waals surface area (Å²) in [4.78, 5) is 28.9. The monoisotopic (exact) mass is 371 g/mol. The molecule has 0 spiro atoms. The fourth-order valence-electron chi connectivity index (χ4n) is 3.31. The molecule has 1 aromatic carbocycles. The van der Waals surface area contributed by atoms with E-state index in [1.165, 1.54) is 0 Å². The maximum atomic E-state index is 12.6. The summed E-state index contributed by atoms with van der Waals surface area (Å²) in [5.74, 6) is -0.906. The minimum atomic E-state index is -0.374. The number of para-hydroxylation sites is 1. The van der Waals surface area contributed by atoms with Gasteiger partial charge in [-0.3, -0.25) is 9.59 Å². The number of aromatic nitrogens is 1. The van der Waals surface area contributed by atoms with Crippen LogP contribution in [0.4, 0.5) is 0 Å². The van der Waals surface area contributed by atoms with Gasteiger partial charge in [-0.05, 0) is 25.0 Å². The molecule has 0 aliphatic heterocycles. The lowest BCUT2D eigenvalue weighted by atomic mass is 9.79. The van der Waals surface area contributed by atoms with Gasteiger partial charge in [-0.2, -0.15) is 5.26 Å². The third-order valence-electron chi connectivity index (χ3n) is 4.60. The van der Waals surface area contributed by atoms with Crippen molar-refractivity contribution >= 4 is 33.4 Å². The normalized spacial score (nSPS) is 19.7. The molecule has 7 heteroatoms. The number of nitrogens with one attached hydrogen (secondary N) is 1. The molecule has 6 nitrogen and oxygen atoms in total. The van der Waals surface area contributed by atoms with E-state index in [1.807, 2.05) is 30.3 Å². The van der Waals surface area contributed by atoms with Crippen LogP contribution in [0.3, 0.4) is 0 Å². The van der Waals surface area contributed by atoms with Crippen LogP contribution in [0.25, 0.3) is 10.2 Å². The molecule has 2 atom stereocenters. The second-order valence-electron chi connectivity index (χ2n) is 6.38. The van der Waals surface area contributed by atoms with Gasteiger partial charge in [0.2, 0.25) is 0 Å². The molecule has 0 saturated heterocycles.